The monoisotopic (exact) mass is 278 g/mol. The first-order valence-corrected chi connectivity index (χ1v) is 6.21. The van der Waals surface area contributed by atoms with E-state index in [9.17, 15) is 10.2 Å². The molecule has 108 valence electrons. The van der Waals surface area contributed by atoms with Crippen LogP contribution < -0.4 is 0 Å². The standard InChI is InChI=1S/C14H18N2O4/c1-14(2,3)11(19-4)12-15-13(20-16-12)9-6-5-8(17)7-10(9)18/h5-7,11,17-18H,1-4H3. The quantitative estimate of drug-likeness (QED) is 0.897. The SMILES string of the molecule is COC(c1noc(-c2ccc(O)cc2O)n1)C(C)(C)C. The van der Waals surface area contributed by atoms with Crippen LogP contribution in [0.15, 0.2) is 22.7 Å². The predicted octanol–water partition coefficient (Wildman–Crippen LogP) is 2.88. The van der Waals surface area contributed by atoms with Gasteiger partial charge >= 0.3 is 0 Å². The molecular weight excluding hydrogens is 260 g/mol. The Morgan fingerprint density at radius 1 is 1.25 bits per heavy atom. The van der Waals surface area contributed by atoms with Gasteiger partial charge in [-0.2, -0.15) is 4.98 Å². The van der Waals surface area contributed by atoms with E-state index < -0.39 is 0 Å². The smallest absolute Gasteiger partial charge is 0.261 e. The van der Waals surface area contributed by atoms with Crippen molar-refractivity contribution in [1.82, 2.24) is 10.1 Å². The number of phenolic OH excluding ortho intramolecular Hbond substituents is 2. The van der Waals surface area contributed by atoms with E-state index >= 15 is 0 Å². The van der Waals surface area contributed by atoms with E-state index in [1.165, 1.54) is 18.2 Å². The lowest BCUT2D eigenvalue weighted by Gasteiger charge is -2.26. The van der Waals surface area contributed by atoms with E-state index in [-0.39, 0.29) is 28.9 Å². The van der Waals surface area contributed by atoms with Crippen molar-refractivity contribution in [2.45, 2.75) is 26.9 Å². The molecule has 0 fully saturated rings. The fourth-order valence-corrected chi connectivity index (χ4v) is 2.00. The third-order valence-electron chi connectivity index (χ3n) is 2.91. The minimum Gasteiger partial charge on any atom is -0.508 e. The van der Waals surface area contributed by atoms with Crippen molar-refractivity contribution in [3.8, 4) is 23.0 Å². The van der Waals surface area contributed by atoms with E-state index in [1.54, 1.807) is 7.11 Å². The van der Waals surface area contributed by atoms with Crippen LogP contribution in [0.25, 0.3) is 11.5 Å². The van der Waals surface area contributed by atoms with Crippen molar-refractivity contribution in [3.63, 3.8) is 0 Å². The summed E-state index contributed by atoms with van der Waals surface area (Å²) in [6.45, 7) is 6.03. The summed E-state index contributed by atoms with van der Waals surface area (Å²) in [7, 11) is 1.59. The number of aromatic nitrogens is 2. The van der Waals surface area contributed by atoms with Crippen molar-refractivity contribution >= 4 is 0 Å². The van der Waals surface area contributed by atoms with Gasteiger partial charge in [-0.1, -0.05) is 25.9 Å². The molecule has 0 radical (unpaired) electrons. The number of aromatic hydroxyl groups is 2. The number of hydrogen-bond acceptors (Lipinski definition) is 6. The summed E-state index contributed by atoms with van der Waals surface area (Å²) in [5.74, 6) is 0.451. The zero-order chi connectivity index (χ0) is 14.9. The van der Waals surface area contributed by atoms with Crippen LogP contribution in [0, 0.1) is 5.41 Å². The van der Waals surface area contributed by atoms with Gasteiger partial charge in [-0.05, 0) is 17.5 Å². The summed E-state index contributed by atoms with van der Waals surface area (Å²) in [5.41, 5.74) is 0.178. The second-order valence-corrected chi connectivity index (χ2v) is 5.64. The van der Waals surface area contributed by atoms with Gasteiger partial charge in [0.1, 0.15) is 17.6 Å². The molecule has 0 aliphatic rings. The van der Waals surface area contributed by atoms with E-state index in [0.717, 1.165) is 0 Å². The van der Waals surface area contributed by atoms with E-state index in [0.29, 0.717) is 11.4 Å². The molecule has 2 aromatic rings. The van der Waals surface area contributed by atoms with Crippen molar-refractivity contribution in [2.24, 2.45) is 5.41 Å². The molecule has 0 saturated carbocycles. The molecule has 1 unspecified atom stereocenters. The summed E-state index contributed by atoms with van der Waals surface area (Å²) in [5, 5.41) is 23.0. The van der Waals surface area contributed by atoms with E-state index in [2.05, 4.69) is 10.1 Å². The lowest BCUT2D eigenvalue weighted by Crippen LogP contribution is -2.21. The van der Waals surface area contributed by atoms with Crippen LogP contribution in [-0.2, 0) is 4.74 Å². The summed E-state index contributed by atoms with van der Waals surface area (Å²) >= 11 is 0. The first kappa shape index (κ1) is 14.3. The summed E-state index contributed by atoms with van der Waals surface area (Å²) in [6, 6.07) is 4.17. The third-order valence-corrected chi connectivity index (χ3v) is 2.91. The normalized spacial score (nSPS) is 13.4. The van der Waals surface area contributed by atoms with Crippen LogP contribution in [-0.4, -0.2) is 27.5 Å². The highest BCUT2D eigenvalue weighted by atomic mass is 16.5. The number of phenols is 2. The maximum Gasteiger partial charge on any atom is 0.261 e. The Bertz CT molecular complexity index is 601. The Labute approximate surface area is 117 Å². The van der Waals surface area contributed by atoms with Crippen molar-refractivity contribution in [1.29, 1.82) is 0 Å². The Morgan fingerprint density at radius 2 is 1.95 bits per heavy atom. The largest absolute Gasteiger partial charge is 0.508 e. The number of benzene rings is 1. The third kappa shape index (κ3) is 2.75. The van der Waals surface area contributed by atoms with Gasteiger partial charge < -0.3 is 19.5 Å². The fourth-order valence-electron chi connectivity index (χ4n) is 2.00. The number of nitrogens with zero attached hydrogens (tertiary/aromatic N) is 2. The number of hydrogen-bond donors (Lipinski definition) is 2. The second-order valence-electron chi connectivity index (χ2n) is 5.64. The Kier molecular flexibility index (Phi) is 3.67. The fraction of sp³-hybridized carbons (Fsp3) is 0.429. The van der Waals surface area contributed by atoms with Gasteiger partial charge in [0.15, 0.2) is 0 Å². The van der Waals surface area contributed by atoms with Gasteiger partial charge in [-0.25, -0.2) is 0 Å². The number of ether oxygens (including phenoxy) is 1. The molecule has 6 nitrogen and oxygen atoms in total. The van der Waals surface area contributed by atoms with Crippen molar-refractivity contribution in [3.05, 3.63) is 24.0 Å². The topological polar surface area (TPSA) is 88.6 Å². The van der Waals surface area contributed by atoms with Gasteiger partial charge in [0.05, 0.1) is 5.56 Å². The molecule has 0 saturated heterocycles. The average Bonchev–Trinajstić information content (AvgIpc) is 2.77. The molecular formula is C14H18N2O4. The molecule has 2 N–H and O–H groups in total. The first-order chi connectivity index (χ1) is 9.32. The summed E-state index contributed by atoms with van der Waals surface area (Å²) < 4.78 is 10.6. The molecule has 0 aliphatic heterocycles. The van der Waals surface area contributed by atoms with Gasteiger partial charge in [-0.15, -0.1) is 0 Å². The van der Waals surface area contributed by atoms with Gasteiger partial charge in [0, 0.05) is 13.2 Å². The minimum atomic E-state index is -0.320. The Morgan fingerprint density at radius 3 is 2.50 bits per heavy atom. The molecule has 1 aromatic carbocycles. The highest BCUT2D eigenvalue weighted by Gasteiger charge is 2.31. The van der Waals surface area contributed by atoms with Crippen LogP contribution in [0.2, 0.25) is 0 Å². The zero-order valence-corrected chi connectivity index (χ0v) is 11.9. The molecule has 0 spiro atoms. The molecule has 1 aromatic heterocycles. The molecule has 0 amide bonds. The minimum absolute atomic E-state index is 0.0320. The van der Waals surface area contributed by atoms with Crippen molar-refractivity contribution in [2.75, 3.05) is 7.11 Å². The molecule has 1 heterocycles. The first-order valence-electron chi connectivity index (χ1n) is 6.21. The zero-order valence-electron chi connectivity index (χ0n) is 11.9. The molecule has 0 aliphatic carbocycles. The van der Waals surface area contributed by atoms with Crippen LogP contribution in [0.4, 0.5) is 0 Å². The lowest BCUT2D eigenvalue weighted by atomic mass is 9.88. The van der Waals surface area contributed by atoms with E-state index in [4.69, 9.17) is 9.26 Å². The van der Waals surface area contributed by atoms with Gasteiger partial charge in [0.2, 0.25) is 5.82 Å². The van der Waals surface area contributed by atoms with Gasteiger partial charge in [0.25, 0.3) is 5.89 Å². The van der Waals surface area contributed by atoms with Gasteiger partial charge in [-0.3, -0.25) is 0 Å². The molecule has 2 rings (SSSR count). The van der Waals surface area contributed by atoms with Crippen LogP contribution in [0.3, 0.4) is 0 Å². The summed E-state index contributed by atoms with van der Waals surface area (Å²) in [4.78, 5) is 4.26. The van der Waals surface area contributed by atoms with E-state index in [1.807, 2.05) is 20.8 Å². The average molecular weight is 278 g/mol. The number of methoxy groups -OCH3 is 1. The maximum atomic E-state index is 9.79. The molecule has 0 bridgehead atoms. The molecule has 20 heavy (non-hydrogen) atoms. The summed E-state index contributed by atoms with van der Waals surface area (Å²) in [6.07, 6.45) is -0.320. The van der Waals surface area contributed by atoms with Crippen LogP contribution in [0.5, 0.6) is 11.5 Å². The van der Waals surface area contributed by atoms with Crippen LogP contribution >= 0.6 is 0 Å². The Balaban J connectivity index is 2.38. The maximum absolute atomic E-state index is 9.79. The highest BCUT2D eigenvalue weighted by Crippen LogP contribution is 2.36. The van der Waals surface area contributed by atoms with Crippen molar-refractivity contribution < 1.29 is 19.5 Å². The number of rotatable bonds is 3. The highest BCUT2D eigenvalue weighted by molar-refractivity contribution is 5.63. The molecule has 6 heteroatoms. The molecule has 1 atom stereocenters. The second kappa shape index (κ2) is 5.13. The Hall–Kier alpha value is -2.08. The predicted molar refractivity (Wildman–Crippen MR) is 72.3 cm³/mol. The van der Waals surface area contributed by atoms with Crippen LogP contribution in [0.1, 0.15) is 32.7 Å². The lowest BCUT2D eigenvalue weighted by molar-refractivity contribution is 0.00718.